The molecule has 0 spiro atoms. The molecule has 0 bridgehead atoms. The fourth-order valence-corrected chi connectivity index (χ4v) is 6.18. The van der Waals surface area contributed by atoms with Crippen LogP contribution in [0.2, 0.25) is 0 Å². The van der Waals surface area contributed by atoms with E-state index in [-0.39, 0.29) is 23.4 Å². The third-order valence-corrected chi connectivity index (χ3v) is 7.78. The smallest absolute Gasteiger partial charge is 0.244 e. The number of hydrogen-bond acceptors (Lipinski definition) is 4. The Morgan fingerprint density at radius 1 is 0.824 bits per heavy atom. The summed E-state index contributed by atoms with van der Waals surface area (Å²) < 4.78 is 0. The number of piperidine rings is 2. The molecular weight excluding hydrogens is 444 g/mol. The van der Waals surface area contributed by atoms with Gasteiger partial charge in [-0.05, 0) is 35.2 Å². The third kappa shape index (κ3) is 3.27. The quantitative estimate of drug-likeness (QED) is 0.402. The van der Waals surface area contributed by atoms with Crippen molar-refractivity contribution in [2.45, 2.75) is 29.5 Å². The van der Waals surface area contributed by atoms with Crippen molar-refractivity contribution < 1.29 is 4.79 Å². The zero-order chi connectivity index (χ0) is 23.1. The Kier molecular flexibility index (Phi) is 5.41. The predicted octanol–water partition coefficient (Wildman–Crippen LogP) is 3.72. The molecule has 3 aromatic carbocycles. The minimum Gasteiger partial charge on any atom is -0.338 e. The lowest BCUT2D eigenvalue weighted by atomic mass is 9.76. The molecular formula is C28H27ClN4O. The minimum atomic E-state index is -0.687. The van der Waals surface area contributed by atoms with E-state index in [1.807, 2.05) is 18.2 Å². The SMILES string of the molecule is O=C1NC2NCCC(Cl)C2C2=CN(C(c3ccccc3)(c3ccccc3)c3ccccc3)NC12. The van der Waals surface area contributed by atoms with Gasteiger partial charge in [0.05, 0.1) is 6.17 Å². The topological polar surface area (TPSA) is 56.4 Å². The summed E-state index contributed by atoms with van der Waals surface area (Å²) in [4.78, 5) is 13.2. The highest BCUT2D eigenvalue weighted by molar-refractivity contribution is 6.21. The van der Waals surface area contributed by atoms with Crippen molar-refractivity contribution in [2.75, 3.05) is 6.54 Å². The molecule has 1 amide bonds. The van der Waals surface area contributed by atoms with Crippen LogP contribution in [0, 0.1) is 5.92 Å². The average Bonchev–Trinajstić information content (AvgIpc) is 3.33. The van der Waals surface area contributed by atoms with Gasteiger partial charge in [-0.25, -0.2) is 5.43 Å². The second-order valence-electron chi connectivity index (χ2n) is 9.14. The maximum atomic E-state index is 13.2. The maximum Gasteiger partial charge on any atom is 0.244 e. The van der Waals surface area contributed by atoms with Gasteiger partial charge >= 0.3 is 0 Å². The molecule has 172 valence electrons. The van der Waals surface area contributed by atoms with Crippen LogP contribution in [0.25, 0.3) is 0 Å². The van der Waals surface area contributed by atoms with E-state index in [0.29, 0.717) is 0 Å². The van der Waals surface area contributed by atoms with E-state index in [0.717, 1.165) is 35.2 Å². The standard InChI is InChI=1S/C28H27ClN4O/c29-23-16-17-30-26-24(23)22-18-33(32-25(22)27(34)31-26)28(19-10-4-1-5-11-19,20-12-6-2-7-13-20)21-14-8-3-9-15-21/h1-15,18,23-26,30,32H,16-17H2,(H,31,34). The maximum absolute atomic E-state index is 13.2. The Balaban J connectivity index is 1.58. The first kappa shape index (κ1) is 21.4. The Morgan fingerprint density at radius 3 is 1.88 bits per heavy atom. The highest BCUT2D eigenvalue weighted by atomic mass is 35.5. The van der Waals surface area contributed by atoms with E-state index < -0.39 is 11.6 Å². The monoisotopic (exact) mass is 470 g/mol. The average molecular weight is 471 g/mol. The number of halogens is 1. The first-order valence-corrected chi connectivity index (χ1v) is 12.2. The number of carbonyl (C=O) groups is 1. The number of alkyl halides is 1. The van der Waals surface area contributed by atoms with E-state index in [1.54, 1.807) is 0 Å². The fourth-order valence-electron chi connectivity index (χ4n) is 5.78. The summed E-state index contributed by atoms with van der Waals surface area (Å²) >= 11 is 6.84. The summed E-state index contributed by atoms with van der Waals surface area (Å²) in [6.45, 7) is 0.798. The van der Waals surface area contributed by atoms with Gasteiger partial charge in [0.2, 0.25) is 5.91 Å². The van der Waals surface area contributed by atoms with Crippen molar-refractivity contribution in [1.82, 2.24) is 21.1 Å². The van der Waals surface area contributed by atoms with Crippen LogP contribution >= 0.6 is 11.6 Å². The van der Waals surface area contributed by atoms with Crippen molar-refractivity contribution in [2.24, 2.45) is 5.92 Å². The number of hydrogen-bond donors (Lipinski definition) is 3. The van der Waals surface area contributed by atoms with E-state index in [1.165, 1.54) is 0 Å². The van der Waals surface area contributed by atoms with Crippen LogP contribution in [0.15, 0.2) is 103 Å². The van der Waals surface area contributed by atoms with Crippen LogP contribution in [0.5, 0.6) is 0 Å². The van der Waals surface area contributed by atoms with Crippen molar-refractivity contribution in [1.29, 1.82) is 0 Å². The highest BCUT2D eigenvalue weighted by Gasteiger charge is 2.52. The summed E-state index contributed by atoms with van der Waals surface area (Å²) in [5.41, 5.74) is 7.25. The Labute approximate surface area is 204 Å². The minimum absolute atomic E-state index is 0.0237. The lowest BCUT2D eigenvalue weighted by molar-refractivity contribution is -0.126. The first-order chi connectivity index (χ1) is 16.7. The van der Waals surface area contributed by atoms with Crippen LogP contribution in [0.4, 0.5) is 0 Å². The number of carbonyl (C=O) groups excluding carboxylic acids is 1. The molecule has 3 aromatic rings. The molecule has 3 heterocycles. The van der Waals surface area contributed by atoms with Crippen molar-refractivity contribution in [3.63, 3.8) is 0 Å². The molecule has 3 aliphatic heterocycles. The molecule has 5 nitrogen and oxygen atoms in total. The summed E-state index contributed by atoms with van der Waals surface area (Å²) in [6.07, 6.45) is 2.85. The molecule has 0 radical (unpaired) electrons. The van der Waals surface area contributed by atoms with Gasteiger partial charge in [0, 0.05) is 17.5 Å². The zero-order valence-corrected chi connectivity index (χ0v) is 19.5. The summed E-state index contributed by atoms with van der Waals surface area (Å²) in [6, 6.07) is 30.9. The number of hydrazine groups is 1. The van der Waals surface area contributed by atoms with Gasteiger partial charge in [0.1, 0.15) is 11.6 Å². The van der Waals surface area contributed by atoms with E-state index in [4.69, 9.17) is 11.6 Å². The molecule has 0 aliphatic carbocycles. The number of nitrogens with one attached hydrogen (secondary N) is 3. The molecule has 0 aromatic heterocycles. The van der Waals surface area contributed by atoms with Crippen LogP contribution < -0.4 is 16.1 Å². The van der Waals surface area contributed by atoms with Crippen molar-refractivity contribution in [3.8, 4) is 0 Å². The van der Waals surface area contributed by atoms with Gasteiger partial charge in [0.15, 0.2) is 0 Å². The molecule has 4 atom stereocenters. The number of fused-ring (bicyclic) bond motifs is 3. The molecule has 0 saturated carbocycles. The van der Waals surface area contributed by atoms with E-state index in [9.17, 15) is 4.79 Å². The third-order valence-electron chi connectivity index (χ3n) is 7.29. The van der Waals surface area contributed by atoms with Crippen LogP contribution in [-0.2, 0) is 10.3 Å². The van der Waals surface area contributed by atoms with Gasteiger partial charge in [-0.1, -0.05) is 91.0 Å². The van der Waals surface area contributed by atoms with Crippen LogP contribution in [-0.4, -0.2) is 35.0 Å². The first-order valence-electron chi connectivity index (χ1n) is 11.8. The Morgan fingerprint density at radius 2 is 1.35 bits per heavy atom. The number of nitrogens with zero attached hydrogens (tertiary/aromatic N) is 1. The van der Waals surface area contributed by atoms with E-state index >= 15 is 0 Å². The molecule has 3 N–H and O–H groups in total. The van der Waals surface area contributed by atoms with Gasteiger partial charge < -0.3 is 5.32 Å². The van der Waals surface area contributed by atoms with Gasteiger partial charge in [-0.2, -0.15) is 0 Å². The summed E-state index contributed by atoms with van der Waals surface area (Å²) in [5.74, 6) is -0.00742. The summed E-state index contributed by atoms with van der Waals surface area (Å²) in [5, 5.41) is 8.68. The Bertz CT molecular complexity index is 1100. The van der Waals surface area contributed by atoms with Gasteiger partial charge in [-0.3, -0.25) is 15.1 Å². The number of amides is 1. The Hall–Kier alpha value is -3.12. The normalized spacial score (nSPS) is 26.3. The summed E-state index contributed by atoms with van der Waals surface area (Å²) in [7, 11) is 0. The molecule has 34 heavy (non-hydrogen) atoms. The highest BCUT2D eigenvalue weighted by Crippen LogP contribution is 2.45. The second kappa shape index (κ2) is 8.58. The van der Waals surface area contributed by atoms with Crippen molar-refractivity contribution in [3.05, 3.63) is 119 Å². The molecule has 3 aliphatic rings. The lowest BCUT2D eigenvalue weighted by Crippen LogP contribution is -2.66. The molecule has 2 fully saturated rings. The number of rotatable bonds is 4. The number of benzene rings is 3. The second-order valence-corrected chi connectivity index (χ2v) is 9.70. The molecule has 6 heteroatoms. The predicted molar refractivity (Wildman–Crippen MR) is 134 cm³/mol. The largest absolute Gasteiger partial charge is 0.338 e. The fraction of sp³-hybridized carbons (Fsp3) is 0.250. The zero-order valence-electron chi connectivity index (χ0n) is 18.7. The van der Waals surface area contributed by atoms with Gasteiger partial charge in [-0.15, -0.1) is 11.6 Å². The molecule has 2 saturated heterocycles. The van der Waals surface area contributed by atoms with Crippen LogP contribution in [0.1, 0.15) is 23.1 Å². The van der Waals surface area contributed by atoms with Crippen molar-refractivity contribution >= 4 is 17.5 Å². The van der Waals surface area contributed by atoms with Crippen LogP contribution in [0.3, 0.4) is 0 Å². The lowest BCUT2D eigenvalue weighted by Gasteiger charge is -2.44. The van der Waals surface area contributed by atoms with Gasteiger partial charge in [0.25, 0.3) is 0 Å². The molecule has 6 rings (SSSR count). The molecule has 4 unspecified atom stereocenters. The van der Waals surface area contributed by atoms with E-state index in [2.05, 4.69) is 100 Å².